The first kappa shape index (κ1) is 23.3. The number of hydrogen-bond donors (Lipinski definition) is 2. The van der Waals surface area contributed by atoms with Gasteiger partial charge < -0.3 is 30.7 Å². The number of nitrogens with two attached hydrogens (primary N) is 2. The van der Waals surface area contributed by atoms with Crippen LogP contribution in [-0.4, -0.2) is 83.0 Å². The molecule has 0 saturated carbocycles. The highest BCUT2D eigenvalue weighted by Gasteiger charge is 2.28. The Hall–Kier alpha value is -3.49. The molecule has 12 nitrogen and oxygen atoms in total. The summed E-state index contributed by atoms with van der Waals surface area (Å²) in [7, 11) is 0. The van der Waals surface area contributed by atoms with Crippen LogP contribution in [0.3, 0.4) is 0 Å². The largest absolute Gasteiger partial charge is 0.378 e. The Labute approximate surface area is 198 Å². The van der Waals surface area contributed by atoms with Crippen LogP contribution in [0, 0.1) is 0 Å². The molecular formula is C21H25F2N9O3. The molecule has 1 unspecified atom stereocenters. The fourth-order valence-electron chi connectivity index (χ4n) is 4.15. The summed E-state index contributed by atoms with van der Waals surface area (Å²) < 4.78 is 40.5. The number of halogens is 2. The van der Waals surface area contributed by atoms with Crippen molar-refractivity contribution >= 4 is 28.8 Å². The van der Waals surface area contributed by atoms with Crippen molar-refractivity contribution in [2.45, 2.75) is 12.5 Å². The molecule has 0 spiro atoms. The van der Waals surface area contributed by atoms with Gasteiger partial charge in [-0.15, -0.1) is 0 Å². The number of imidazole rings is 1. The Morgan fingerprint density at radius 3 is 1.94 bits per heavy atom. The second-order valence-corrected chi connectivity index (χ2v) is 8.14. The monoisotopic (exact) mass is 489 g/mol. The van der Waals surface area contributed by atoms with Gasteiger partial charge in [-0.05, 0) is 6.07 Å². The molecule has 0 radical (unpaired) electrons. The summed E-state index contributed by atoms with van der Waals surface area (Å²) in [5.41, 5.74) is 12.0. The summed E-state index contributed by atoms with van der Waals surface area (Å²) in [4.78, 5) is 33.5. The average molecular weight is 489 g/mol. The van der Waals surface area contributed by atoms with Crippen LogP contribution in [-0.2, 0) is 14.3 Å². The van der Waals surface area contributed by atoms with E-state index in [9.17, 15) is 13.6 Å². The van der Waals surface area contributed by atoms with E-state index in [1.54, 1.807) is 12.1 Å². The number of ether oxygens (including phenoxy) is 2. The molecule has 1 amide bonds. The molecule has 3 aromatic rings. The van der Waals surface area contributed by atoms with Gasteiger partial charge in [0.25, 0.3) is 6.43 Å². The van der Waals surface area contributed by atoms with Crippen LogP contribution < -0.4 is 21.3 Å². The number of amides is 1. The summed E-state index contributed by atoms with van der Waals surface area (Å²) >= 11 is 0. The van der Waals surface area contributed by atoms with Gasteiger partial charge in [-0.2, -0.15) is 15.0 Å². The van der Waals surface area contributed by atoms with Crippen LogP contribution >= 0.6 is 0 Å². The van der Waals surface area contributed by atoms with Crippen molar-refractivity contribution in [2.24, 2.45) is 11.5 Å². The zero-order chi connectivity index (χ0) is 24.5. The molecule has 2 aliphatic rings. The molecule has 35 heavy (non-hydrogen) atoms. The highest BCUT2D eigenvalue weighted by atomic mass is 19.3. The highest BCUT2D eigenvalue weighted by Crippen LogP contribution is 2.31. The topological polar surface area (TPSA) is 151 Å². The van der Waals surface area contributed by atoms with E-state index in [1.165, 1.54) is 10.6 Å². The quantitative estimate of drug-likeness (QED) is 0.495. The maximum absolute atomic E-state index is 14.2. The molecule has 2 aromatic heterocycles. The fourth-order valence-corrected chi connectivity index (χ4v) is 4.15. The van der Waals surface area contributed by atoms with Crippen LogP contribution in [0.25, 0.3) is 17.0 Å². The van der Waals surface area contributed by atoms with Crippen molar-refractivity contribution < 1.29 is 23.0 Å². The maximum atomic E-state index is 14.2. The van der Waals surface area contributed by atoms with Crippen LogP contribution in [0.4, 0.5) is 20.7 Å². The van der Waals surface area contributed by atoms with Crippen molar-refractivity contribution in [1.82, 2.24) is 24.5 Å². The number of aromatic nitrogens is 5. The first-order valence-electron chi connectivity index (χ1n) is 11.2. The predicted octanol–water partition coefficient (Wildman–Crippen LogP) is 0.306. The van der Waals surface area contributed by atoms with E-state index >= 15 is 0 Å². The van der Waals surface area contributed by atoms with Gasteiger partial charge in [0, 0.05) is 31.7 Å². The average Bonchev–Trinajstić information content (AvgIpc) is 3.29. The molecule has 186 valence electrons. The van der Waals surface area contributed by atoms with Gasteiger partial charge in [-0.1, -0.05) is 12.1 Å². The minimum Gasteiger partial charge on any atom is -0.378 e. The normalized spacial score (nSPS) is 17.8. The third-order valence-electron chi connectivity index (χ3n) is 5.97. The zero-order valence-electron chi connectivity index (χ0n) is 18.8. The van der Waals surface area contributed by atoms with Gasteiger partial charge in [0.2, 0.25) is 23.8 Å². The van der Waals surface area contributed by atoms with Crippen molar-refractivity contribution in [3.05, 3.63) is 29.6 Å². The standard InChI is InChI=1S/C21H25F2N9O3/c22-16(23)18-26-15-12(14(24)17(25)33)2-1-3-13(15)32(18)21-28-19(30-4-8-34-9-5-30)27-20(29-21)31-6-10-35-11-7-31/h1-3,14,16H,4-11,24H2,(H2,25,33). The minimum atomic E-state index is -2.95. The third-order valence-corrected chi connectivity index (χ3v) is 5.97. The van der Waals surface area contributed by atoms with E-state index in [4.69, 9.17) is 20.9 Å². The number of anilines is 2. The van der Waals surface area contributed by atoms with Crippen LogP contribution in [0.2, 0.25) is 0 Å². The van der Waals surface area contributed by atoms with Crippen LogP contribution in [0.5, 0.6) is 0 Å². The van der Waals surface area contributed by atoms with Crippen LogP contribution in [0.15, 0.2) is 18.2 Å². The third kappa shape index (κ3) is 4.47. The van der Waals surface area contributed by atoms with Crippen molar-refractivity contribution in [3.8, 4) is 5.95 Å². The Bertz CT molecular complexity index is 1190. The smallest absolute Gasteiger partial charge is 0.296 e. The van der Waals surface area contributed by atoms with E-state index in [-0.39, 0.29) is 22.5 Å². The van der Waals surface area contributed by atoms with E-state index in [0.29, 0.717) is 64.5 Å². The number of carbonyl (C=O) groups excluding carboxylic acids is 1. The first-order valence-corrected chi connectivity index (χ1v) is 11.2. The summed E-state index contributed by atoms with van der Waals surface area (Å²) in [5.74, 6) is -0.671. The maximum Gasteiger partial charge on any atom is 0.296 e. The number of alkyl halides is 2. The molecule has 2 saturated heterocycles. The zero-order valence-corrected chi connectivity index (χ0v) is 18.8. The van der Waals surface area contributed by atoms with Gasteiger partial charge in [0.05, 0.1) is 37.5 Å². The van der Waals surface area contributed by atoms with Gasteiger partial charge >= 0.3 is 0 Å². The Morgan fingerprint density at radius 1 is 0.886 bits per heavy atom. The second-order valence-electron chi connectivity index (χ2n) is 8.14. The van der Waals surface area contributed by atoms with Crippen molar-refractivity contribution in [1.29, 1.82) is 0 Å². The number of morpholine rings is 2. The first-order chi connectivity index (χ1) is 16.9. The van der Waals surface area contributed by atoms with E-state index in [2.05, 4.69) is 19.9 Å². The molecule has 14 heteroatoms. The van der Waals surface area contributed by atoms with Gasteiger partial charge in [-0.25, -0.2) is 13.8 Å². The molecule has 4 heterocycles. The van der Waals surface area contributed by atoms with E-state index in [0.717, 1.165) is 0 Å². The van der Waals surface area contributed by atoms with E-state index < -0.39 is 24.2 Å². The van der Waals surface area contributed by atoms with Gasteiger partial charge in [0.1, 0.15) is 6.04 Å². The number of nitrogens with zero attached hydrogens (tertiary/aromatic N) is 7. The van der Waals surface area contributed by atoms with Gasteiger partial charge in [0.15, 0.2) is 5.82 Å². The number of carbonyl (C=O) groups is 1. The molecule has 1 atom stereocenters. The number of rotatable bonds is 6. The number of hydrogen-bond acceptors (Lipinski definition) is 10. The second kappa shape index (κ2) is 9.64. The summed E-state index contributed by atoms with van der Waals surface area (Å²) in [6.45, 7) is 4.20. The predicted molar refractivity (Wildman–Crippen MR) is 122 cm³/mol. The van der Waals surface area contributed by atoms with Gasteiger partial charge in [-0.3, -0.25) is 9.36 Å². The van der Waals surface area contributed by atoms with Crippen molar-refractivity contribution in [2.75, 3.05) is 62.4 Å². The lowest BCUT2D eigenvalue weighted by Crippen LogP contribution is -2.40. The molecule has 0 aliphatic carbocycles. The van der Waals surface area contributed by atoms with Crippen LogP contribution in [0.1, 0.15) is 23.9 Å². The molecule has 2 fully saturated rings. The van der Waals surface area contributed by atoms with E-state index in [1.807, 2.05) is 9.80 Å². The molecule has 0 bridgehead atoms. The lowest BCUT2D eigenvalue weighted by Gasteiger charge is -2.30. The number of fused-ring (bicyclic) bond motifs is 1. The summed E-state index contributed by atoms with van der Waals surface area (Å²) in [5, 5.41) is 0. The SMILES string of the molecule is NC(=O)C(N)c1cccc2c1nc(C(F)F)n2-c1nc(N2CCOCC2)nc(N2CCOCC2)n1. The molecule has 1 aromatic carbocycles. The Balaban J connectivity index is 1.71. The lowest BCUT2D eigenvalue weighted by atomic mass is 10.1. The molecule has 4 N–H and O–H groups in total. The minimum absolute atomic E-state index is 0.00872. The molecule has 5 rings (SSSR count). The molecular weight excluding hydrogens is 464 g/mol. The Morgan fingerprint density at radius 2 is 1.43 bits per heavy atom. The number of benzene rings is 1. The number of primary amides is 1. The summed E-state index contributed by atoms with van der Waals surface area (Å²) in [6.07, 6.45) is -2.95. The highest BCUT2D eigenvalue weighted by molar-refractivity contribution is 5.89. The lowest BCUT2D eigenvalue weighted by molar-refractivity contribution is -0.119. The Kier molecular flexibility index (Phi) is 6.40. The van der Waals surface area contributed by atoms with Crippen molar-refractivity contribution in [3.63, 3.8) is 0 Å². The number of para-hydroxylation sites is 1. The molecule has 2 aliphatic heterocycles. The summed E-state index contributed by atoms with van der Waals surface area (Å²) in [6, 6.07) is 3.52. The fraction of sp³-hybridized carbons (Fsp3) is 0.476.